The Labute approximate surface area is 105 Å². The first-order chi connectivity index (χ1) is 8.16. The van der Waals surface area contributed by atoms with Crippen LogP contribution in [0.25, 0.3) is 0 Å². The first-order valence-electron chi connectivity index (χ1n) is 5.45. The predicted molar refractivity (Wildman–Crippen MR) is 64.7 cm³/mol. The lowest BCUT2D eigenvalue weighted by atomic mass is 9.90. The van der Waals surface area contributed by atoms with Gasteiger partial charge in [-0.15, -0.1) is 0 Å². The van der Waals surface area contributed by atoms with Gasteiger partial charge in [-0.25, -0.2) is 9.53 Å². The molecule has 0 bridgehead atoms. The number of fused-ring (bicyclic) bond motifs is 1. The van der Waals surface area contributed by atoms with Gasteiger partial charge in [-0.1, -0.05) is 6.07 Å². The molecule has 0 radical (unpaired) electrons. The second kappa shape index (κ2) is 4.18. The third-order valence-electron chi connectivity index (χ3n) is 2.74. The molecule has 1 heterocycles. The molecule has 0 saturated carbocycles. The van der Waals surface area contributed by atoms with Gasteiger partial charge < -0.3 is 4.74 Å². The molecule has 0 spiro atoms. The standard InChI is InChI=1S/C11H15FN2O3S/c1-11(2)6-9(14-18(13,15)16)8-4-3-7(12)5-10(8)17-11/h3-5,9,14H,6H2,1-2H3,(H2,13,15,16)/t9-/m0/s1. The minimum Gasteiger partial charge on any atom is -0.487 e. The average molecular weight is 274 g/mol. The molecule has 0 aliphatic carbocycles. The third-order valence-corrected chi connectivity index (χ3v) is 3.35. The van der Waals surface area contributed by atoms with E-state index < -0.39 is 27.7 Å². The zero-order chi connectivity index (χ0) is 13.6. The highest BCUT2D eigenvalue weighted by Gasteiger charge is 2.35. The first-order valence-corrected chi connectivity index (χ1v) is 6.99. The highest BCUT2D eigenvalue weighted by Crippen LogP contribution is 2.39. The smallest absolute Gasteiger partial charge is 0.274 e. The van der Waals surface area contributed by atoms with Gasteiger partial charge in [0.1, 0.15) is 17.2 Å². The quantitative estimate of drug-likeness (QED) is 0.850. The van der Waals surface area contributed by atoms with E-state index in [2.05, 4.69) is 4.72 Å². The largest absolute Gasteiger partial charge is 0.487 e. The predicted octanol–water partition coefficient (Wildman–Crippen LogP) is 1.22. The molecule has 3 N–H and O–H groups in total. The van der Waals surface area contributed by atoms with Crippen molar-refractivity contribution in [3.63, 3.8) is 0 Å². The lowest BCUT2D eigenvalue weighted by Gasteiger charge is -2.37. The summed E-state index contributed by atoms with van der Waals surface area (Å²) in [6.45, 7) is 3.61. The fourth-order valence-corrected chi connectivity index (χ4v) is 2.74. The van der Waals surface area contributed by atoms with E-state index in [1.54, 1.807) is 13.8 Å². The summed E-state index contributed by atoms with van der Waals surface area (Å²) < 4.78 is 43.4. The number of rotatable bonds is 2. The molecule has 7 heteroatoms. The van der Waals surface area contributed by atoms with E-state index in [1.165, 1.54) is 18.2 Å². The minimum absolute atomic E-state index is 0.340. The molecule has 100 valence electrons. The average Bonchev–Trinajstić information content (AvgIpc) is 2.11. The molecule has 18 heavy (non-hydrogen) atoms. The molecule has 5 nitrogen and oxygen atoms in total. The Balaban J connectivity index is 2.44. The van der Waals surface area contributed by atoms with Gasteiger partial charge in [0.05, 0.1) is 6.04 Å². The Kier molecular flexibility index (Phi) is 3.08. The Bertz CT molecular complexity index is 572. The summed E-state index contributed by atoms with van der Waals surface area (Å²) in [6.07, 6.45) is 0.419. The molecule has 1 aromatic rings. The van der Waals surface area contributed by atoms with Gasteiger partial charge in [-0.05, 0) is 19.9 Å². The zero-order valence-corrected chi connectivity index (χ0v) is 10.9. The van der Waals surface area contributed by atoms with E-state index in [-0.39, 0.29) is 0 Å². The number of hydrogen-bond acceptors (Lipinski definition) is 3. The molecule has 0 amide bonds. The van der Waals surface area contributed by atoms with Crippen LogP contribution < -0.4 is 14.6 Å². The summed E-state index contributed by atoms with van der Waals surface area (Å²) in [7, 11) is -3.83. The normalized spacial score (nSPS) is 22.1. The maximum absolute atomic E-state index is 13.2. The van der Waals surface area contributed by atoms with E-state index in [0.29, 0.717) is 17.7 Å². The van der Waals surface area contributed by atoms with Crippen LogP contribution >= 0.6 is 0 Å². The molecule has 1 aliphatic heterocycles. The lowest BCUT2D eigenvalue weighted by Crippen LogP contribution is -2.43. The number of nitrogens with two attached hydrogens (primary N) is 1. The first kappa shape index (κ1) is 13.3. The van der Waals surface area contributed by atoms with Gasteiger partial charge in [0.25, 0.3) is 10.2 Å². The number of ether oxygens (including phenoxy) is 1. The van der Waals surface area contributed by atoms with Crippen LogP contribution in [-0.2, 0) is 10.2 Å². The van der Waals surface area contributed by atoms with Crippen molar-refractivity contribution in [2.24, 2.45) is 5.14 Å². The SMILES string of the molecule is CC1(C)C[C@H](NS(N)(=O)=O)c2ccc(F)cc2O1. The highest BCUT2D eigenvalue weighted by molar-refractivity contribution is 7.87. The maximum atomic E-state index is 13.2. The van der Waals surface area contributed by atoms with Gasteiger partial charge in [-0.3, -0.25) is 0 Å². The van der Waals surface area contributed by atoms with E-state index in [1.807, 2.05) is 0 Å². The zero-order valence-electron chi connectivity index (χ0n) is 10.1. The van der Waals surface area contributed by atoms with E-state index >= 15 is 0 Å². The van der Waals surface area contributed by atoms with Crippen molar-refractivity contribution < 1.29 is 17.5 Å². The Morgan fingerprint density at radius 1 is 1.50 bits per heavy atom. The van der Waals surface area contributed by atoms with Crippen molar-refractivity contribution in [3.05, 3.63) is 29.6 Å². The van der Waals surface area contributed by atoms with Gasteiger partial charge >= 0.3 is 0 Å². The fraction of sp³-hybridized carbons (Fsp3) is 0.455. The van der Waals surface area contributed by atoms with Crippen molar-refractivity contribution in [1.82, 2.24) is 4.72 Å². The maximum Gasteiger partial charge on any atom is 0.274 e. The molecular formula is C11H15FN2O3S. The summed E-state index contributed by atoms with van der Waals surface area (Å²) in [5.41, 5.74) is -0.00637. The molecular weight excluding hydrogens is 259 g/mol. The topological polar surface area (TPSA) is 81.4 Å². The van der Waals surface area contributed by atoms with Crippen molar-refractivity contribution in [3.8, 4) is 5.75 Å². The number of hydrogen-bond donors (Lipinski definition) is 2. The number of nitrogens with one attached hydrogen (secondary N) is 1. The van der Waals surface area contributed by atoms with E-state index in [4.69, 9.17) is 9.88 Å². The van der Waals surface area contributed by atoms with Crippen LogP contribution in [-0.4, -0.2) is 14.0 Å². The van der Waals surface area contributed by atoms with Crippen molar-refractivity contribution in [2.75, 3.05) is 0 Å². The van der Waals surface area contributed by atoms with Crippen LogP contribution in [0.3, 0.4) is 0 Å². The third kappa shape index (κ3) is 2.98. The van der Waals surface area contributed by atoms with Crippen LogP contribution in [0.5, 0.6) is 5.75 Å². The lowest BCUT2D eigenvalue weighted by molar-refractivity contribution is 0.0697. The molecule has 0 unspecified atom stereocenters. The van der Waals surface area contributed by atoms with Crippen LogP contribution in [0.1, 0.15) is 31.9 Å². The van der Waals surface area contributed by atoms with Crippen LogP contribution in [0.4, 0.5) is 4.39 Å². The van der Waals surface area contributed by atoms with Crippen molar-refractivity contribution in [1.29, 1.82) is 0 Å². The molecule has 1 atom stereocenters. The van der Waals surface area contributed by atoms with Crippen LogP contribution in [0, 0.1) is 5.82 Å². The molecule has 0 fully saturated rings. The second-order valence-electron chi connectivity index (χ2n) is 4.96. The van der Waals surface area contributed by atoms with E-state index in [0.717, 1.165) is 0 Å². The summed E-state index contributed by atoms with van der Waals surface area (Å²) in [5, 5.41) is 4.99. The summed E-state index contributed by atoms with van der Waals surface area (Å²) in [5.74, 6) is -0.0896. The van der Waals surface area contributed by atoms with Crippen molar-refractivity contribution in [2.45, 2.75) is 31.9 Å². The monoisotopic (exact) mass is 274 g/mol. The number of benzene rings is 1. The van der Waals surface area contributed by atoms with Crippen molar-refractivity contribution >= 4 is 10.2 Å². The number of halogens is 1. The Hall–Kier alpha value is -1.18. The van der Waals surface area contributed by atoms with Crippen LogP contribution in [0.2, 0.25) is 0 Å². The molecule has 0 aromatic heterocycles. The minimum atomic E-state index is -3.83. The fourth-order valence-electron chi connectivity index (χ4n) is 2.13. The highest BCUT2D eigenvalue weighted by atomic mass is 32.2. The molecule has 2 rings (SSSR count). The molecule has 1 aliphatic rings. The molecule has 0 saturated heterocycles. The van der Waals surface area contributed by atoms with E-state index in [9.17, 15) is 12.8 Å². The summed E-state index contributed by atoms with van der Waals surface area (Å²) in [4.78, 5) is 0. The van der Waals surface area contributed by atoms with Gasteiger partial charge in [-0.2, -0.15) is 13.1 Å². The van der Waals surface area contributed by atoms with Gasteiger partial charge in [0.2, 0.25) is 0 Å². The Morgan fingerprint density at radius 2 is 2.17 bits per heavy atom. The van der Waals surface area contributed by atoms with Crippen LogP contribution in [0.15, 0.2) is 18.2 Å². The molecule has 1 aromatic carbocycles. The van der Waals surface area contributed by atoms with Gasteiger partial charge in [0, 0.05) is 18.1 Å². The van der Waals surface area contributed by atoms with Gasteiger partial charge in [0.15, 0.2) is 0 Å². The summed E-state index contributed by atoms with van der Waals surface area (Å²) in [6, 6.07) is 3.49. The Morgan fingerprint density at radius 3 is 2.78 bits per heavy atom. The second-order valence-corrected chi connectivity index (χ2v) is 6.29. The summed E-state index contributed by atoms with van der Waals surface area (Å²) >= 11 is 0.